The van der Waals surface area contributed by atoms with E-state index in [1.54, 1.807) is 0 Å². The summed E-state index contributed by atoms with van der Waals surface area (Å²) >= 11 is 0. The highest BCUT2D eigenvalue weighted by atomic mass is 16.4. The molecule has 0 amide bonds. The minimum absolute atomic E-state index is 0.0694. The Morgan fingerprint density at radius 3 is 2.20 bits per heavy atom. The summed E-state index contributed by atoms with van der Waals surface area (Å²) < 4.78 is 5.87. The molecule has 5 aromatic rings. The lowest BCUT2D eigenvalue weighted by atomic mass is 10.1. The summed E-state index contributed by atoms with van der Waals surface area (Å²) in [5.41, 5.74) is 2.84. The summed E-state index contributed by atoms with van der Waals surface area (Å²) in [4.78, 5) is 9.37. The minimum Gasteiger partial charge on any atom is -0.413 e. The van der Waals surface area contributed by atoms with Crippen LogP contribution in [0.2, 0.25) is 0 Å². The Morgan fingerprint density at radius 2 is 1.40 bits per heavy atom. The zero-order valence-electron chi connectivity index (χ0n) is 16.4. The molecule has 0 spiro atoms. The molecule has 0 saturated carbocycles. The van der Waals surface area contributed by atoms with Crippen LogP contribution in [0.4, 0.5) is 5.82 Å². The Labute approximate surface area is 173 Å². The van der Waals surface area contributed by atoms with Crippen LogP contribution in [0.3, 0.4) is 0 Å². The van der Waals surface area contributed by atoms with Crippen LogP contribution in [0.25, 0.3) is 34.1 Å². The van der Waals surface area contributed by atoms with Crippen molar-refractivity contribution in [2.75, 3.05) is 5.32 Å². The maximum atomic E-state index is 5.87. The molecule has 0 unspecified atom stereocenters. The van der Waals surface area contributed by atoms with Gasteiger partial charge in [0.25, 0.3) is 5.89 Å². The second-order valence-electron chi connectivity index (χ2n) is 6.97. The number of anilines is 1. The van der Waals surface area contributed by atoms with Gasteiger partial charge in [0.15, 0.2) is 0 Å². The molecular formula is C24H19N5O. The van der Waals surface area contributed by atoms with Gasteiger partial charge in [-0.1, -0.05) is 60.7 Å². The van der Waals surface area contributed by atoms with E-state index >= 15 is 0 Å². The molecule has 0 fully saturated rings. The number of hydrogen-bond acceptors (Lipinski definition) is 6. The lowest BCUT2D eigenvalue weighted by molar-refractivity contribution is 0.579. The average molecular weight is 393 g/mol. The highest BCUT2D eigenvalue weighted by Crippen LogP contribution is 2.28. The van der Waals surface area contributed by atoms with E-state index in [1.165, 1.54) is 5.56 Å². The molecule has 1 N–H and O–H groups in total. The summed E-state index contributed by atoms with van der Waals surface area (Å²) in [6, 6.07) is 27.8. The molecule has 0 aliphatic carbocycles. The van der Waals surface area contributed by atoms with Crippen LogP contribution in [0, 0.1) is 0 Å². The van der Waals surface area contributed by atoms with E-state index in [4.69, 9.17) is 9.40 Å². The Hall–Kier alpha value is -4.06. The summed E-state index contributed by atoms with van der Waals surface area (Å²) in [7, 11) is 0. The van der Waals surface area contributed by atoms with Gasteiger partial charge in [-0.15, -0.1) is 10.2 Å². The van der Waals surface area contributed by atoms with Crippen molar-refractivity contribution in [3.05, 3.63) is 90.5 Å². The second-order valence-corrected chi connectivity index (χ2v) is 6.97. The van der Waals surface area contributed by atoms with Crippen molar-refractivity contribution in [3.63, 3.8) is 0 Å². The van der Waals surface area contributed by atoms with Gasteiger partial charge in [-0.3, -0.25) is 0 Å². The fourth-order valence-corrected chi connectivity index (χ4v) is 3.32. The molecule has 2 aromatic heterocycles. The minimum atomic E-state index is 0.0694. The molecule has 0 saturated heterocycles. The third-order valence-electron chi connectivity index (χ3n) is 4.89. The zero-order valence-corrected chi connectivity index (χ0v) is 16.4. The van der Waals surface area contributed by atoms with Crippen LogP contribution in [0.1, 0.15) is 18.5 Å². The van der Waals surface area contributed by atoms with Crippen molar-refractivity contribution >= 4 is 16.7 Å². The van der Waals surface area contributed by atoms with Crippen molar-refractivity contribution in [1.29, 1.82) is 0 Å². The molecule has 0 aliphatic heterocycles. The molecule has 0 bridgehead atoms. The van der Waals surface area contributed by atoms with Crippen molar-refractivity contribution in [1.82, 2.24) is 20.2 Å². The molecular weight excluding hydrogens is 374 g/mol. The van der Waals surface area contributed by atoms with Gasteiger partial charge < -0.3 is 9.73 Å². The van der Waals surface area contributed by atoms with Crippen LogP contribution >= 0.6 is 0 Å². The van der Waals surface area contributed by atoms with E-state index in [2.05, 4.69) is 39.6 Å². The van der Waals surface area contributed by atoms with Gasteiger partial charge in [-0.05, 0) is 36.8 Å². The summed E-state index contributed by atoms with van der Waals surface area (Å²) in [5, 5.41) is 12.8. The number of benzene rings is 3. The van der Waals surface area contributed by atoms with E-state index in [1.807, 2.05) is 72.8 Å². The number of para-hydroxylation sites is 1. The zero-order chi connectivity index (χ0) is 20.3. The van der Waals surface area contributed by atoms with Crippen molar-refractivity contribution in [3.8, 4) is 23.2 Å². The average Bonchev–Trinajstić information content (AvgIpc) is 3.31. The Morgan fingerprint density at radius 1 is 0.733 bits per heavy atom. The Balaban J connectivity index is 1.55. The van der Waals surface area contributed by atoms with Gasteiger partial charge in [0.2, 0.25) is 11.7 Å². The van der Waals surface area contributed by atoms with Crippen molar-refractivity contribution in [2.24, 2.45) is 0 Å². The quantitative estimate of drug-likeness (QED) is 0.424. The highest BCUT2D eigenvalue weighted by Gasteiger charge is 2.17. The molecule has 3 aromatic carbocycles. The van der Waals surface area contributed by atoms with Gasteiger partial charge in [-0.25, -0.2) is 9.97 Å². The number of rotatable bonds is 5. The SMILES string of the molecule is C[C@@H](Nc1nc(-c2nnc(-c3ccccc3)o2)nc2ccccc12)c1ccccc1. The standard InChI is InChI=1S/C24H19N5O/c1-16(17-10-4-2-5-11-17)25-21-19-14-8-9-15-20(19)26-22(27-21)24-29-28-23(30-24)18-12-6-3-7-13-18/h2-16H,1H3,(H,25,26,27)/t16-/m1/s1. The Bertz CT molecular complexity index is 1290. The monoisotopic (exact) mass is 393 g/mol. The normalized spacial score (nSPS) is 12.0. The first-order valence-electron chi connectivity index (χ1n) is 9.75. The molecule has 0 aliphatic rings. The third kappa shape index (κ3) is 3.51. The molecule has 30 heavy (non-hydrogen) atoms. The van der Waals surface area contributed by atoms with E-state index in [0.717, 1.165) is 22.3 Å². The number of hydrogen-bond donors (Lipinski definition) is 1. The fourth-order valence-electron chi connectivity index (χ4n) is 3.32. The number of fused-ring (bicyclic) bond motifs is 1. The van der Waals surface area contributed by atoms with Crippen LogP contribution in [-0.4, -0.2) is 20.2 Å². The largest absolute Gasteiger partial charge is 0.413 e. The predicted octanol–water partition coefficient (Wildman–Crippen LogP) is 5.52. The van der Waals surface area contributed by atoms with Gasteiger partial charge >= 0.3 is 0 Å². The molecule has 6 nitrogen and oxygen atoms in total. The predicted molar refractivity (Wildman–Crippen MR) is 117 cm³/mol. The summed E-state index contributed by atoms with van der Waals surface area (Å²) in [5.74, 6) is 1.85. The lowest BCUT2D eigenvalue weighted by Gasteiger charge is -2.16. The topological polar surface area (TPSA) is 76.7 Å². The molecule has 1 atom stereocenters. The smallest absolute Gasteiger partial charge is 0.286 e. The summed E-state index contributed by atoms with van der Waals surface area (Å²) in [6.07, 6.45) is 0. The third-order valence-corrected chi connectivity index (χ3v) is 4.89. The number of nitrogens with one attached hydrogen (secondary N) is 1. The number of nitrogens with zero attached hydrogens (tertiary/aromatic N) is 4. The maximum absolute atomic E-state index is 5.87. The molecule has 0 radical (unpaired) electrons. The van der Waals surface area contributed by atoms with Gasteiger partial charge in [0.1, 0.15) is 5.82 Å². The summed E-state index contributed by atoms with van der Waals surface area (Å²) in [6.45, 7) is 2.10. The van der Waals surface area contributed by atoms with E-state index < -0.39 is 0 Å². The first-order chi connectivity index (χ1) is 14.8. The van der Waals surface area contributed by atoms with Gasteiger partial charge in [0, 0.05) is 17.0 Å². The van der Waals surface area contributed by atoms with Crippen LogP contribution in [0.5, 0.6) is 0 Å². The van der Waals surface area contributed by atoms with E-state index in [0.29, 0.717) is 11.7 Å². The Kier molecular flexibility index (Phi) is 4.65. The van der Waals surface area contributed by atoms with Crippen molar-refractivity contribution in [2.45, 2.75) is 13.0 Å². The van der Waals surface area contributed by atoms with Gasteiger partial charge in [-0.2, -0.15) is 0 Å². The molecule has 6 heteroatoms. The maximum Gasteiger partial charge on any atom is 0.286 e. The van der Waals surface area contributed by atoms with Crippen LogP contribution in [-0.2, 0) is 0 Å². The highest BCUT2D eigenvalue weighted by molar-refractivity contribution is 5.90. The molecule has 2 heterocycles. The van der Waals surface area contributed by atoms with E-state index in [-0.39, 0.29) is 11.9 Å². The molecule has 146 valence electrons. The lowest BCUT2D eigenvalue weighted by Crippen LogP contribution is -2.09. The second kappa shape index (κ2) is 7.75. The fraction of sp³-hybridized carbons (Fsp3) is 0.0833. The molecule has 5 rings (SSSR count). The number of aromatic nitrogens is 4. The van der Waals surface area contributed by atoms with Crippen LogP contribution in [0.15, 0.2) is 89.3 Å². The van der Waals surface area contributed by atoms with Crippen molar-refractivity contribution < 1.29 is 4.42 Å². The first-order valence-corrected chi connectivity index (χ1v) is 9.75. The van der Waals surface area contributed by atoms with E-state index in [9.17, 15) is 0 Å². The first kappa shape index (κ1) is 18.0. The van der Waals surface area contributed by atoms with Crippen LogP contribution < -0.4 is 5.32 Å². The van der Waals surface area contributed by atoms with Gasteiger partial charge in [0.05, 0.1) is 5.52 Å².